The van der Waals surface area contributed by atoms with E-state index in [2.05, 4.69) is 20.8 Å². The normalized spacial score (nSPS) is 10.2. The number of carbonyl (C=O) groups excluding carboxylic acids is 1. The van der Waals surface area contributed by atoms with Gasteiger partial charge in [-0.3, -0.25) is 4.79 Å². The first kappa shape index (κ1) is 15.6. The molecule has 0 unspecified atom stereocenters. The van der Waals surface area contributed by atoms with Crippen LogP contribution in [-0.2, 0) is 0 Å². The number of rotatable bonds is 4. The van der Waals surface area contributed by atoms with Crippen LogP contribution in [0.3, 0.4) is 0 Å². The van der Waals surface area contributed by atoms with Crippen molar-refractivity contribution in [3.63, 3.8) is 0 Å². The highest BCUT2D eigenvalue weighted by Gasteiger charge is 2.07. The number of hydrogen-bond acceptors (Lipinski definition) is 4. The van der Waals surface area contributed by atoms with E-state index in [0.29, 0.717) is 22.9 Å². The lowest BCUT2D eigenvalue weighted by molar-refractivity contribution is 0.102. The van der Waals surface area contributed by atoms with Crippen molar-refractivity contribution < 1.29 is 9.18 Å². The van der Waals surface area contributed by atoms with Crippen molar-refractivity contribution >= 4 is 23.2 Å². The Morgan fingerprint density at radius 3 is 2.33 bits per heavy atom. The van der Waals surface area contributed by atoms with Gasteiger partial charge in [0, 0.05) is 11.3 Å². The first-order chi connectivity index (χ1) is 11.6. The highest BCUT2D eigenvalue weighted by atomic mass is 19.1. The van der Waals surface area contributed by atoms with E-state index in [1.165, 1.54) is 12.1 Å². The number of hydrogen-bond donors (Lipinski definition) is 2. The van der Waals surface area contributed by atoms with Crippen LogP contribution in [0.15, 0.2) is 60.7 Å². The molecule has 2 N–H and O–H groups in total. The Kier molecular flexibility index (Phi) is 4.47. The molecule has 3 rings (SSSR count). The van der Waals surface area contributed by atoms with Crippen LogP contribution in [-0.4, -0.2) is 16.1 Å². The molecule has 0 bridgehead atoms. The maximum absolute atomic E-state index is 13.1. The van der Waals surface area contributed by atoms with Crippen molar-refractivity contribution in [1.82, 2.24) is 10.2 Å². The number of nitrogens with one attached hydrogen (secondary N) is 2. The fourth-order valence-electron chi connectivity index (χ4n) is 2.07. The van der Waals surface area contributed by atoms with Crippen LogP contribution in [0.1, 0.15) is 15.9 Å². The molecule has 0 spiro atoms. The quantitative estimate of drug-likeness (QED) is 0.764. The fourth-order valence-corrected chi connectivity index (χ4v) is 2.07. The number of aromatic nitrogens is 2. The van der Waals surface area contributed by atoms with Gasteiger partial charge in [0.1, 0.15) is 5.82 Å². The summed E-state index contributed by atoms with van der Waals surface area (Å²) in [6.07, 6.45) is 0. The third kappa shape index (κ3) is 3.92. The van der Waals surface area contributed by atoms with Crippen LogP contribution in [0, 0.1) is 12.7 Å². The third-order valence-corrected chi connectivity index (χ3v) is 3.32. The average molecular weight is 322 g/mol. The van der Waals surface area contributed by atoms with Gasteiger partial charge in [-0.15, -0.1) is 10.2 Å². The molecule has 0 saturated carbocycles. The highest BCUT2D eigenvalue weighted by Crippen LogP contribution is 2.16. The van der Waals surface area contributed by atoms with Gasteiger partial charge in [0.05, 0.1) is 0 Å². The summed E-state index contributed by atoms with van der Waals surface area (Å²) in [7, 11) is 0. The van der Waals surface area contributed by atoms with Crippen molar-refractivity contribution in [2.24, 2.45) is 0 Å². The summed E-state index contributed by atoms with van der Waals surface area (Å²) in [5.41, 5.74) is 2.20. The Bertz CT molecular complexity index is 848. The molecule has 2 aromatic carbocycles. The third-order valence-electron chi connectivity index (χ3n) is 3.32. The summed E-state index contributed by atoms with van der Waals surface area (Å²) in [5, 5.41) is 13.5. The summed E-state index contributed by atoms with van der Waals surface area (Å²) >= 11 is 0. The lowest BCUT2D eigenvalue weighted by Gasteiger charge is -2.07. The largest absolute Gasteiger partial charge is 0.339 e. The van der Waals surface area contributed by atoms with Gasteiger partial charge in [-0.1, -0.05) is 23.8 Å². The number of aryl methyl sites for hydroxylation is 1. The van der Waals surface area contributed by atoms with Crippen LogP contribution in [0.25, 0.3) is 0 Å². The summed E-state index contributed by atoms with van der Waals surface area (Å²) in [5.74, 6) is 0.199. The van der Waals surface area contributed by atoms with Gasteiger partial charge in [0.25, 0.3) is 5.91 Å². The van der Waals surface area contributed by atoms with Crippen LogP contribution in [0.5, 0.6) is 0 Å². The summed E-state index contributed by atoms with van der Waals surface area (Å²) < 4.78 is 13.1. The highest BCUT2D eigenvalue weighted by molar-refractivity contribution is 6.03. The molecule has 5 nitrogen and oxygen atoms in total. The smallest absolute Gasteiger partial charge is 0.256 e. The van der Waals surface area contributed by atoms with Gasteiger partial charge in [0.15, 0.2) is 11.6 Å². The Morgan fingerprint density at radius 2 is 1.67 bits per heavy atom. The molecular formula is C18H15FN4O. The van der Waals surface area contributed by atoms with E-state index in [0.717, 1.165) is 5.56 Å². The molecule has 0 aliphatic heterocycles. The molecule has 0 radical (unpaired) electrons. The Morgan fingerprint density at radius 1 is 0.958 bits per heavy atom. The second kappa shape index (κ2) is 6.87. The van der Waals surface area contributed by atoms with Crippen molar-refractivity contribution in [2.45, 2.75) is 6.92 Å². The first-order valence-corrected chi connectivity index (χ1v) is 7.34. The molecule has 6 heteroatoms. The predicted molar refractivity (Wildman–Crippen MR) is 90.8 cm³/mol. The Hall–Kier alpha value is -3.28. The topological polar surface area (TPSA) is 66.9 Å². The summed E-state index contributed by atoms with van der Waals surface area (Å²) in [4.78, 5) is 12.1. The van der Waals surface area contributed by atoms with E-state index in [1.54, 1.807) is 36.4 Å². The van der Waals surface area contributed by atoms with Gasteiger partial charge in [-0.2, -0.15) is 0 Å². The fraction of sp³-hybridized carbons (Fsp3) is 0.0556. The minimum absolute atomic E-state index is 0.255. The van der Waals surface area contributed by atoms with Gasteiger partial charge >= 0.3 is 0 Å². The molecule has 3 aromatic rings. The van der Waals surface area contributed by atoms with E-state index in [-0.39, 0.29) is 11.7 Å². The maximum atomic E-state index is 13.1. The van der Waals surface area contributed by atoms with E-state index >= 15 is 0 Å². The number of halogens is 1. The minimum Gasteiger partial charge on any atom is -0.339 e. The molecule has 1 amide bonds. The van der Waals surface area contributed by atoms with Crippen LogP contribution >= 0.6 is 0 Å². The number of benzene rings is 2. The minimum atomic E-state index is -0.338. The zero-order valence-corrected chi connectivity index (χ0v) is 13.0. The molecule has 0 atom stereocenters. The maximum Gasteiger partial charge on any atom is 0.256 e. The lowest BCUT2D eigenvalue weighted by atomic mass is 10.1. The zero-order valence-electron chi connectivity index (χ0n) is 13.0. The molecule has 0 saturated heterocycles. The van der Waals surface area contributed by atoms with Crippen LogP contribution in [0.2, 0.25) is 0 Å². The zero-order chi connectivity index (χ0) is 16.9. The van der Waals surface area contributed by atoms with Crippen LogP contribution in [0.4, 0.5) is 21.7 Å². The van der Waals surface area contributed by atoms with Crippen molar-refractivity contribution in [3.05, 3.63) is 77.6 Å². The SMILES string of the molecule is Cc1ccc(C(=O)Nc2ccc(Nc3cccc(F)c3)nn2)cc1. The number of amides is 1. The second-order valence-electron chi connectivity index (χ2n) is 5.26. The van der Waals surface area contributed by atoms with Crippen LogP contribution < -0.4 is 10.6 Å². The van der Waals surface area contributed by atoms with Crippen molar-refractivity contribution in [3.8, 4) is 0 Å². The Labute approximate surface area is 138 Å². The number of carbonyl (C=O) groups is 1. The van der Waals surface area contributed by atoms with E-state index in [1.807, 2.05) is 19.1 Å². The number of nitrogens with zero attached hydrogens (tertiary/aromatic N) is 2. The predicted octanol–water partition coefficient (Wildman–Crippen LogP) is 3.92. The van der Waals surface area contributed by atoms with Crippen molar-refractivity contribution in [2.75, 3.05) is 10.6 Å². The van der Waals surface area contributed by atoms with Gasteiger partial charge in [0.2, 0.25) is 0 Å². The monoisotopic (exact) mass is 322 g/mol. The molecular weight excluding hydrogens is 307 g/mol. The second-order valence-corrected chi connectivity index (χ2v) is 5.26. The molecule has 0 fully saturated rings. The summed E-state index contributed by atoms with van der Waals surface area (Å²) in [6, 6.07) is 16.5. The first-order valence-electron chi connectivity index (χ1n) is 7.34. The average Bonchev–Trinajstić information content (AvgIpc) is 2.57. The van der Waals surface area contributed by atoms with Gasteiger partial charge in [-0.05, 0) is 49.4 Å². The molecule has 0 aliphatic carbocycles. The Balaban J connectivity index is 1.66. The van der Waals surface area contributed by atoms with E-state index < -0.39 is 0 Å². The molecule has 1 aromatic heterocycles. The lowest BCUT2D eigenvalue weighted by Crippen LogP contribution is -2.13. The molecule has 1 heterocycles. The van der Waals surface area contributed by atoms with Gasteiger partial charge < -0.3 is 10.6 Å². The van der Waals surface area contributed by atoms with Crippen molar-refractivity contribution in [1.29, 1.82) is 0 Å². The van der Waals surface area contributed by atoms with E-state index in [9.17, 15) is 9.18 Å². The number of anilines is 3. The van der Waals surface area contributed by atoms with Gasteiger partial charge in [-0.25, -0.2) is 4.39 Å². The molecule has 120 valence electrons. The van der Waals surface area contributed by atoms with E-state index in [4.69, 9.17) is 0 Å². The molecule has 0 aliphatic rings. The summed E-state index contributed by atoms with van der Waals surface area (Å²) in [6.45, 7) is 1.96. The standard InChI is InChI=1S/C18H15FN4O/c1-12-5-7-13(8-6-12)18(24)21-17-10-9-16(22-23-17)20-15-4-2-3-14(19)11-15/h2-11H,1H3,(H,20,22)(H,21,23,24). The molecule has 24 heavy (non-hydrogen) atoms.